The molecule has 1 N–H and O–H groups in total. The molecule has 0 radical (unpaired) electrons. The highest BCUT2D eigenvalue weighted by atomic mass is 79.9. The van der Waals surface area contributed by atoms with Gasteiger partial charge in [0, 0.05) is 21.3 Å². The minimum absolute atomic E-state index is 0.223. The Morgan fingerprint density at radius 3 is 2.54 bits per heavy atom. The van der Waals surface area contributed by atoms with Crippen molar-refractivity contribution in [1.29, 1.82) is 0 Å². The smallest absolute Gasteiger partial charge is 0.255 e. The van der Waals surface area contributed by atoms with Crippen LogP contribution in [0.2, 0.25) is 0 Å². The third-order valence-corrected chi connectivity index (χ3v) is 5.30. The number of hydrogen-bond acceptors (Lipinski definition) is 4. The number of methoxy groups -OCH3 is 1. The maximum Gasteiger partial charge on any atom is 0.255 e. The zero-order valence-electron chi connectivity index (χ0n) is 14.7. The van der Waals surface area contributed by atoms with Gasteiger partial charge in [-0.25, -0.2) is 4.98 Å². The molecule has 0 fully saturated rings. The van der Waals surface area contributed by atoms with Crippen LogP contribution in [0.4, 0.5) is 5.69 Å². The second-order valence-corrected chi connectivity index (χ2v) is 7.78. The molecule has 0 spiro atoms. The van der Waals surface area contributed by atoms with Gasteiger partial charge < -0.3 is 14.5 Å². The molecule has 0 aliphatic rings. The Bertz CT molecular complexity index is 1170. The molecule has 3 aromatic carbocycles. The van der Waals surface area contributed by atoms with Crippen LogP contribution in [-0.4, -0.2) is 18.0 Å². The number of nitrogens with one attached hydrogen (secondary N) is 1. The summed E-state index contributed by atoms with van der Waals surface area (Å²) in [7, 11) is 1.58. The van der Waals surface area contributed by atoms with Crippen molar-refractivity contribution in [3.63, 3.8) is 0 Å². The molecule has 0 aliphatic heterocycles. The number of halogens is 2. The number of oxazole rings is 1. The quantitative estimate of drug-likeness (QED) is 0.357. The van der Waals surface area contributed by atoms with Gasteiger partial charge in [-0.1, -0.05) is 15.9 Å². The lowest BCUT2D eigenvalue weighted by Gasteiger charge is -2.07. The first-order chi connectivity index (χ1) is 13.5. The topological polar surface area (TPSA) is 64.4 Å². The zero-order chi connectivity index (χ0) is 19.7. The minimum atomic E-state index is -0.223. The van der Waals surface area contributed by atoms with Crippen LogP contribution in [0, 0.1) is 0 Å². The van der Waals surface area contributed by atoms with Crippen molar-refractivity contribution >= 4 is 54.6 Å². The lowest BCUT2D eigenvalue weighted by atomic mass is 10.2. The molecule has 0 atom stereocenters. The molecule has 4 rings (SSSR count). The molecular formula is C21H14Br2N2O3. The van der Waals surface area contributed by atoms with Crippen LogP contribution in [0.15, 0.2) is 74.0 Å². The number of carbonyl (C=O) groups excluding carboxylic acids is 1. The van der Waals surface area contributed by atoms with E-state index in [4.69, 9.17) is 9.15 Å². The number of ether oxygens (including phenoxy) is 1. The van der Waals surface area contributed by atoms with Gasteiger partial charge >= 0.3 is 0 Å². The van der Waals surface area contributed by atoms with Crippen LogP contribution in [0.25, 0.3) is 22.6 Å². The van der Waals surface area contributed by atoms with Crippen LogP contribution in [-0.2, 0) is 0 Å². The van der Waals surface area contributed by atoms with Gasteiger partial charge in [-0.3, -0.25) is 4.79 Å². The zero-order valence-corrected chi connectivity index (χ0v) is 17.9. The van der Waals surface area contributed by atoms with E-state index < -0.39 is 0 Å². The summed E-state index contributed by atoms with van der Waals surface area (Å²) >= 11 is 6.81. The van der Waals surface area contributed by atoms with E-state index in [1.165, 1.54) is 0 Å². The number of rotatable bonds is 4. The summed E-state index contributed by atoms with van der Waals surface area (Å²) in [5.74, 6) is 0.977. The van der Waals surface area contributed by atoms with Crippen molar-refractivity contribution in [2.45, 2.75) is 0 Å². The van der Waals surface area contributed by atoms with E-state index >= 15 is 0 Å². The van der Waals surface area contributed by atoms with Gasteiger partial charge in [0.25, 0.3) is 5.91 Å². The van der Waals surface area contributed by atoms with E-state index in [-0.39, 0.29) is 5.91 Å². The first kappa shape index (κ1) is 18.7. The average molecular weight is 502 g/mol. The summed E-state index contributed by atoms with van der Waals surface area (Å²) in [5.41, 5.74) is 3.37. The van der Waals surface area contributed by atoms with Crippen LogP contribution in [0.1, 0.15) is 10.4 Å². The molecule has 5 nitrogen and oxygen atoms in total. The Hall–Kier alpha value is -2.64. The number of hydrogen-bond donors (Lipinski definition) is 1. The van der Waals surface area contributed by atoms with Crippen LogP contribution >= 0.6 is 31.9 Å². The van der Waals surface area contributed by atoms with E-state index in [1.54, 1.807) is 43.5 Å². The third kappa shape index (κ3) is 3.81. The average Bonchev–Trinajstić information content (AvgIpc) is 3.11. The fraction of sp³-hybridized carbons (Fsp3) is 0.0476. The fourth-order valence-corrected chi connectivity index (χ4v) is 3.54. The summed E-state index contributed by atoms with van der Waals surface area (Å²) in [6.07, 6.45) is 0. The fourth-order valence-electron chi connectivity index (χ4n) is 2.73. The Morgan fingerprint density at radius 2 is 1.82 bits per heavy atom. The molecule has 1 heterocycles. The third-order valence-electron chi connectivity index (χ3n) is 4.15. The van der Waals surface area contributed by atoms with Gasteiger partial charge in [0.1, 0.15) is 11.3 Å². The van der Waals surface area contributed by atoms with Gasteiger partial charge in [0.2, 0.25) is 5.89 Å². The monoisotopic (exact) mass is 500 g/mol. The van der Waals surface area contributed by atoms with Gasteiger partial charge in [-0.15, -0.1) is 0 Å². The second kappa shape index (κ2) is 7.77. The summed E-state index contributed by atoms with van der Waals surface area (Å²) in [4.78, 5) is 17.1. The maximum atomic E-state index is 12.5. The van der Waals surface area contributed by atoms with Gasteiger partial charge in [-0.05, 0) is 76.6 Å². The second-order valence-electron chi connectivity index (χ2n) is 6.01. The Balaban J connectivity index is 1.58. The largest absolute Gasteiger partial charge is 0.496 e. The Labute approximate surface area is 178 Å². The Kier molecular flexibility index (Phi) is 5.19. The highest BCUT2D eigenvalue weighted by molar-refractivity contribution is 9.10. The molecule has 4 aromatic rings. The summed E-state index contributed by atoms with van der Waals surface area (Å²) in [5, 5.41) is 2.88. The molecule has 0 saturated carbocycles. The molecule has 0 aliphatic carbocycles. The molecule has 0 saturated heterocycles. The molecule has 140 valence electrons. The molecule has 28 heavy (non-hydrogen) atoms. The van der Waals surface area contributed by atoms with Crippen LogP contribution in [0.3, 0.4) is 0 Å². The lowest BCUT2D eigenvalue weighted by Crippen LogP contribution is -2.11. The van der Waals surface area contributed by atoms with Crippen molar-refractivity contribution in [3.8, 4) is 17.2 Å². The number of benzene rings is 3. The van der Waals surface area contributed by atoms with Crippen LogP contribution in [0.5, 0.6) is 5.75 Å². The molecule has 0 bridgehead atoms. The van der Waals surface area contributed by atoms with E-state index in [2.05, 4.69) is 42.2 Å². The SMILES string of the molecule is COc1ccc(C(=O)Nc2ccc3oc(-c4ccc(Br)cc4)nc3c2)cc1Br. The van der Waals surface area contributed by atoms with Crippen molar-refractivity contribution in [3.05, 3.63) is 75.2 Å². The molecule has 7 heteroatoms. The van der Waals surface area contributed by atoms with Gasteiger partial charge in [0.15, 0.2) is 5.58 Å². The number of anilines is 1. The molecular weight excluding hydrogens is 488 g/mol. The minimum Gasteiger partial charge on any atom is -0.496 e. The summed E-state index contributed by atoms with van der Waals surface area (Å²) in [6, 6.07) is 18.3. The number of fused-ring (bicyclic) bond motifs is 1. The maximum absolute atomic E-state index is 12.5. The summed E-state index contributed by atoms with van der Waals surface area (Å²) in [6.45, 7) is 0. The molecule has 1 amide bonds. The first-order valence-corrected chi connectivity index (χ1v) is 9.93. The number of carbonyl (C=O) groups is 1. The highest BCUT2D eigenvalue weighted by Crippen LogP contribution is 2.28. The first-order valence-electron chi connectivity index (χ1n) is 8.35. The number of amides is 1. The highest BCUT2D eigenvalue weighted by Gasteiger charge is 2.12. The van der Waals surface area contributed by atoms with Gasteiger partial charge in [-0.2, -0.15) is 0 Å². The molecule has 1 aromatic heterocycles. The number of nitrogens with zero attached hydrogens (tertiary/aromatic N) is 1. The lowest BCUT2D eigenvalue weighted by molar-refractivity contribution is 0.102. The Morgan fingerprint density at radius 1 is 1.04 bits per heavy atom. The standard InChI is InChI=1S/C21H14Br2N2O3/c1-27-18-8-4-13(10-16(18)23)20(26)24-15-7-9-19-17(11-15)25-21(28-19)12-2-5-14(22)6-3-12/h2-11H,1H3,(H,24,26). The predicted molar refractivity (Wildman–Crippen MR) is 116 cm³/mol. The van der Waals surface area contributed by atoms with Crippen molar-refractivity contribution in [1.82, 2.24) is 4.98 Å². The van der Waals surface area contributed by atoms with Crippen molar-refractivity contribution in [2.24, 2.45) is 0 Å². The van der Waals surface area contributed by atoms with Crippen molar-refractivity contribution < 1.29 is 13.9 Å². The summed E-state index contributed by atoms with van der Waals surface area (Å²) < 4.78 is 12.7. The normalized spacial score (nSPS) is 10.8. The van der Waals surface area contributed by atoms with E-state index in [0.29, 0.717) is 38.5 Å². The van der Waals surface area contributed by atoms with E-state index in [0.717, 1.165) is 10.0 Å². The predicted octanol–water partition coefficient (Wildman–Crippen LogP) is 6.28. The van der Waals surface area contributed by atoms with Crippen molar-refractivity contribution in [2.75, 3.05) is 12.4 Å². The number of aromatic nitrogens is 1. The van der Waals surface area contributed by atoms with E-state index in [9.17, 15) is 4.79 Å². The van der Waals surface area contributed by atoms with Crippen LogP contribution < -0.4 is 10.1 Å². The van der Waals surface area contributed by atoms with Gasteiger partial charge in [0.05, 0.1) is 11.6 Å². The van der Waals surface area contributed by atoms with E-state index in [1.807, 2.05) is 24.3 Å². The molecule has 0 unspecified atom stereocenters.